The maximum absolute atomic E-state index is 6.11. The maximum atomic E-state index is 6.11. The number of anilines is 1. The van der Waals surface area contributed by atoms with Crippen LogP contribution in [-0.2, 0) is 13.6 Å². The molecule has 1 aromatic carbocycles. The van der Waals surface area contributed by atoms with Gasteiger partial charge in [0.2, 0.25) is 0 Å². The lowest BCUT2D eigenvalue weighted by molar-refractivity contribution is 0.506. The molecular formula is C16H21ClN4. The minimum Gasteiger partial charge on any atom is -0.371 e. The topological polar surface area (TPSA) is 33.1 Å². The third-order valence-corrected chi connectivity index (χ3v) is 4.46. The van der Waals surface area contributed by atoms with Crippen LogP contribution in [0.25, 0.3) is 0 Å². The lowest BCUT2D eigenvalue weighted by atomic mass is 10.1. The summed E-state index contributed by atoms with van der Waals surface area (Å²) in [7, 11) is 1.93. The van der Waals surface area contributed by atoms with Crippen LogP contribution in [0.4, 0.5) is 5.69 Å². The minimum absolute atomic E-state index is 0.692. The molecule has 5 heteroatoms. The van der Waals surface area contributed by atoms with Gasteiger partial charge in [-0.3, -0.25) is 4.68 Å². The van der Waals surface area contributed by atoms with Crippen molar-refractivity contribution in [1.29, 1.82) is 0 Å². The lowest BCUT2D eigenvalue weighted by Gasteiger charge is -2.18. The first-order chi connectivity index (χ1) is 10.2. The molecule has 4 nitrogen and oxygen atoms in total. The van der Waals surface area contributed by atoms with Gasteiger partial charge in [-0.2, -0.15) is 5.10 Å². The number of aryl methyl sites for hydroxylation is 1. The summed E-state index contributed by atoms with van der Waals surface area (Å²) in [6.45, 7) is 4.06. The summed E-state index contributed by atoms with van der Waals surface area (Å²) in [5, 5.41) is 8.40. The first-order valence-electron chi connectivity index (χ1n) is 7.41. The summed E-state index contributed by atoms with van der Waals surface area (Å²) < 4.78 is 1.83. The van der Waals surface area contributed by atoms with E-state index in [0.29, 0.717) is 5.92 Å². The van der Waals surface area contributed by atoms with Gasteiger partial charge < -0.3 is 10.2 Å². The molecule has 2 heterocycles. The van der Waals surface area contributed by atoms with Crippen molar-refractivity contribution in [3.05, 3.63) is 47.2 Å². The van der Waals surface area contributed by atoms with E-state index in [2.05, 4.69) is 45.6 Å². The molecule has 112 valence electrons. The van der Waals surface area contributed by atoms with E-state index in [1.807, 2.05) is 11.7 Å². The van der Waals surface area contributed by atoms with Crippen molar-refractivity contribution in [2.24, 2.45) is 13.0 Å². The fourth-order valence-corrected chi connectivity index (χ4v) is 3.13. The average Bonchev–Trinajstić information content (AvgIpc) is 3.10. The van der Waals surface area contributed by atoms with Crippen molar-refractivity contribution in [1.82, 2.24) is 15.1 Å². The molecule has 0 radical (unpaired) electrons. The highest BCUT2D eigenvalue weighted by molar-refractivity contribution is 6.31. The summed E-state index contributed by atoms with van der Waals surface area (Å²) in [5.74, 6) is 0.692. The van der Waals surface area contributed by atoms with Gasteiger partial charge in [0.25, 0.3) is 0 Å². The summed E-state index contributed by atoms with van der Waals surface area (Å²) in [4.78, 5) is 2.46. The molecular weight excluding hydrogens is 284 g/mol. The molecule has 1 fully saturated rings. The van der Waals surface area contributed by atoms with E-state index in [4.69, 9.17) is 11.6 Å². The first-order valence-corrected chi connectivity index (χ1v) is 7.79. The molecule has 1 N–H and O–H groups in total. The van der Waals surface area contributed by atoms with E-state index in [-0.39, 0.29) is 0 Å². The highest BCUT2D eigenvalue weighted by atomic mass is 35.5. The highest BCUT2D eigenvalue weighted by Crippen LogP contribution is 2.23. The van der Waals surface area contributed by atoms with Gasteiger partial charge >= 0.3 is 0 Å². The van der Waals surface area contributed by atoms with Crippen LogP contribution >= 0.6 is 11.6 Å². The van der Waals surface area contributed by atoms with Gasteiger partial charge in [-0.15, -0.1) is 0 Å². The predicted molar refractivity (Wildman–Crippen MR) is 86.7 cm³/mol. The van der Waals surface area contributed by atoms with Crippen LogP contribution in [0.1, 0.15) is 12.1 Å². The summed E-state index contributed by atoms with van der Waals surface area (Å²) in [5.41, 5.74) is 2.38. The molecule has 0 spiro atoms. The van der Waals surface area contributed by atoms with Crippen LogP contribution in [0.15, 0.2) is 36.5 Å². The molecule has 0 saturated carbocycles. The van der Waals surface area contributed by atoms with E-state index in [1.54, 1.807) is 6.20 Å². The predicted octanol–water partition coefficient (Wildman–Crippen LogP) is 2.69. The van der Waals surface area contributed by atoms with Crippen molar-refractivity contribution in [2.75, 3.05) is 24.5 Å². The normalized spacial score (nSPS) is 18.4. The Labute approximate surface area is 130 Å². The summed E-state index contributed by atoms with van der Waals surface area (Å²) >= 11 is 6.11. The zero-order valence-electron chi connectivity index (χ0n) is 12.3. The zero-order chi connectivity index (χ0) is 14.7. The first kappa shape index (κ1) is 14.4. The second-order valence-electron chi connectivity index (χ2n) is 5.63. The molecule has 2 aromatic rings. The number of nitrogens with one attached hydrogen (secondary N) is 1. The number of aromatic nitrogens is 2. The SMILES string of the molecule is Cn1ncc(Cl)c1CNCC1CCN(c2ccccc2)C1. The van der Waals surface area contributed by atoms with Crippen molar-refractivity contribution in [3.63, 3.8) is 0 Å². The third kappa shape index (κ3) is 3.39. The number of halogens is 1. The monoisotopic (exact) mass is 304 g/mol. The van der Waals surface area contributed by atoms with Crippen molar-refractivity contribution in [3.8, 4) is 0 Å². The largest absolute Gasteiger partial charge is 0.371 e. The lowest BCUT2D eigenvalue weighted by Crippen LogP contribution is -2.26. The molecule has 1 unspecified atom stereocenters. The van der Waals surface area contributed by atoms with Crippen LogP contribution in [0.2, 0.25) is 5.02 Å². The summed E-state index contributed by atoms with van der Waals surface area (Å²) in [6, 6.07) is 10.6. The Morgan fingerprint density at radius 2 is 2.14 bits per heavy atom. The second kappa shape index (κ2) is 6.50. The minimum atomic E-state index is 0.692. The Morgan fingerprint density at radius 3 is 2.86 bits per heavy atom. The van der Waals surface area contributed by atoms with Crippen molar-refractivity contribution < 1.29 is 0 Å². The maximum Gasteiger partial charge on any atom is 0.0831 e. The van der Waals surface area contributed by atoms with Crippen LogP contribution < -0.4 is 10.2 Å². The molecule has 1 aliphatic rings. The van der Waals surface area contributed by atoms with Crippen LogP contribution in [0, 0.1) is 5.92 Å². The fourth-order valence-electron chi connectivity index (χ4n) is 2.90. The van der Waals surface area contributed by atoms with Gasteiger partial charge in [-0.1, -0.05) is 29.8 Å². The van der Waals surface area contributed by atoms with Gasteiger partial charge in [0.1, 0.15) is 0 Å². The molecule has 1 saturated heterocycles. The van der Waals surface area contributed by atoms with E-state index < -0.39 is 0 Å². The highest BCUT2D eigenvalue weighted by Gasteiger charge is 2.22. The molecule has 1 atom stereocenters. The fraction of sp³-hybridized carbons (Fsp3) is 0.438. The molecule has 1 aliphatic heterocycles. The number of benzene rings is 1. The third-order valence-electron chi connectivity index (χ3n) is 4.14. The number of para-hydroxylation sites is 1. The zero-order valence-corrected chi connectivity index (χ0v) is 13.1. The van der Waals surface area contributed by atoms with E-state index in [1.165, 1.54) is 12.1 Å². The van der Waals surface area contributed by atoms with Crippen LogP contribution in [0.5, 0.6) is 0 Å². The molecule has 1 aromatic heterocycles. The number of hydrogen-bond donors (Lipinski definition) is 1. The summed E-state index contributed by atoms with van der Waals surface area (Å²) in [6.07, 6.45) is 2.94. The Bertz CT molecular complexity index is 562. The van der Waals surface area contributed by atoms with E-state index >= 15 is 0 Å². The van der Waals surface area contributed by atoms with Gasteiger partial charge in [0, 0.05) is 38.9 Å². The standard InChI is InChI=1S/C16H21ClN4/c1-20-16(15(17)10-19-20)11-18-9-13-7-8-21(12-13)14-5-3-2-4-6-14/h2-6,10,13,18H,7-9,11-12H2,1H3. The Morgan fingerprint density at radius 1 is 1.33 bits per heavy atom. The Kier molecular flexibility index (Phi) is 4.46. The second-order valence-corrected chi connectivity index (χ2v) is 6.04. The van der Waals surface area contributed by atoms with Crippen LogP contribution in [0.3, 0.4) is 0 Å². The molecule has 0 amide bonds. The number of rotatable bonds is 5. The molecule has 0 bridgehead atoms. The quantitative estimate of drug-likeness (QED) is 0.922. The van der Waals surface area contributed by atoms with Crippen molar-refractivity contribution >= 4 is 17.3 Å². The Balaban J connectivity index is 1.47. The van der Waals surface area contributed by atoms with Gasteiger partial charge in [-0.05, 0) is 24.5 Å². The van der Waals surface area contributed by atoms with Gasteiger partial charge in [0.15, 0.2) is 0 Å². The van der Waals surface area contributed by atoms with E-state index in [9.17, 15) is 0 Å². The van der Waals surface area contributed by atoms with Crippen molar-refractivity contribution in [2.45, 2.75) is 13.0 Å². The number of nitrogens with zero attached hydrogens (tertiary/aromatic N) is 3. The smallest absolute Gasteiger partial charge is 0.0831 e. The Hall–Kier alpha value is -1.52. The number of hydrogen-bond acceptors (Lipinski definition) is 3. The average molecular weight is 305 g/mol. The molecule has 3 rings (SSSR count). The van der Waals surface area contributed by atoms with E-state index in [0.717, 1.165) is 36.9 Å². The molecule has 21 heavy (non-hydrogen) atoms. The van der Waals surface area contributed by atoms with Gasteiger partial charge in [0.05, 0.1) is 16.9 Å². The molecule has 0 aliphatic carbocycles. The van der Waals surface area contributed by atoms with Crippen LogP contribution in [-0.4, -0.2) is 29.4 Å². The van der Waals surface area contributed by atoms with Gasteiger partial charge in [-0.25, -0.2) is 0 Å².